The van der Waals surface area contributed by atoms with Crippen molar-refractivity contribution in [3.05, 3.63) is 35.4 Å². The second-order valence-electron chi connectivity index (χ2n) is 4.57. The Morgan fingerprint density at radius 2 is 2.07 bits per heavy atom. The first-order valence-electron chi connectivity index (χ1n) is 5.40. The molecule has 2 heteroatoms. The molecule has 1 aliphatic rings. The van der Waals surface area contributed by atoms with E-state index in [0.29, 0.717) is 0 Å². The van der Waals surface area contributed by atoms with Crippen LogP contribution in [0.15, 0.2) is 24.3 Å². The first-order chi connectivity index (χ1) is 7.08. The van der Waals surface area contributed by atoms with Crippen molar-refractivity contribution in [2.24, 2.45) is 5.41 Å². The fraction of sp³-hybridized carbons (Fsp3) is 0.462. The molecule has 0 saturated heterocycles. The zero-order valence-corrected chi connectivity index (χ0v) is 9.16. The number of benzene rings is 1. The van der Waals surface area contributed by atoms with Crippen molar-refractivity contribution < 1.29 is 9.90 Å². The summed E-state index contributed by atoms with van der Waals surface area (Å²) in [6, 6.07) is 8.32. The Morgan fingerprint density at radius 3 is 2.47 bits per heavy atom. The zero-order valence-electron chi connectivity index (χ0n) is 9.16. The summed E-state index contributed by atoms with van der Waals surface area (Å²) < 4.78 is 0. The Bertz CT molecular complexity index is 380. The van der Waals surface area contributed by atoms with Gasteiger partial charge >= 0.3 is 5.97 Å². The van der Waals surface area contributed by atoms with E-state index in [1.165, 1.54) is 5.56 Å². The van der Waals surface area contributed by atoms with Crippen molar-refractivity contribution >= 4 is 5.97 Å². The number of carboxylic acid groups (broad SMARTS) is 1. The van der Waals surface area contributed by atoms with Gasteiger partial charge in [0.25, 0.3) is 0 Å². The third-order valence-electron chi connectivity index (χ3n) is 3.52. The molecule has 0 unspecified atom stereocenters. The monoisotopic (exact) mass is 204 g/mol. The predicted molar refractivity (Wildman–Crippen MR) is 58.9 cm³/mol. The van der Waals surface area contributed by atoms with Crippen LogP contribution in [0.4, 0.5) is 0 Å². The minimum atomic E-state index is -0.674. The number of hydrogen-bond donors (Lipinski definition) is 1. The number of rotatable bonds is 3. The molecule has 2 nitrogen and oxygen atoms in total. The number of aliphatic carboxylic acids is 1. The molecule has 0 aromatic heterocycles. The summed E-state index contributed by atoms with van der Waals surface area (Å²) in [5.41, 5.74) is 1.95. The molecule has 0 bridgehead atoms. The van der Waals surface area contributed by atoms with Gasteiger partial charge in [0.1, 0.15) is 0 Å². The van der Waals surface area contributed by atoms with Gasteiger partial charge < -0.3 is 5.11 Å². The second-order valence-corrected chi connectivity index (χ2v) is 4.57. The zero-order chi connectivity index (χ0) is 11.1. The van der Waals surface area contributed by atoms with Gasteiger partial charge in [-0.3, -0.25) is 4.79 Å². The van der Waals surface area contributed by atoms with Gasteiger partial charge in [0.15, 0.2) is 0 Å². The van der Waals surface area contributed by atoms with Crippen LogP contribution in [-0.2, 0) is 11.2 Å². The van der Waals surface area contributed by atoms with E-state index < -0.39 is 11.4 Å². The summed E-state index contributed by atoms with van der Waals surface area (Å²) in [6.45, 7) is 3.95. The fourth-order valence-corrected chi connectivity index (χ4v) is 2.07. The Labute approximate surface area is 89.9 Å². The number of aryl methyl sites for hydroxylation is 1. The molecule has 0 spiro atoms. The van der Waals surface area contributed by atoms with E-state index >= 15 is 0 Å². The molecule has 0 aliphatic heterocycles. The lowest BCUT2D eigenvalue weighted by Gasteiger charge is -2.05. The van der Waals surface area contributed by atoms with Gasteiger partial charge in [-0.1, -0.05) is 31.2 Å². The van der Waals surface area contributed by atoms with Gasteiger partial charge in [-0.15, -0.1) is 0 Å². The number of hydrogen-bond acceptors (Lipinski definition) is 1. The highest BCUT2D eigenvalue weighted by atomic mass is 16.4. The van der Waals surface area contributed by atoms with Crippen molar-refractivity contribution in [2.45, 2.75) is 32.6 Å². The van der Waals surface area contributed by atoms with Crippen LogP contribution in [-0.4, -0.2) is 11.1 Å². The molecule has 1 aromatic carbocycles. The lowest BCUT2D eigenvalue weighted by molar-refractivity contribution is -0.142. The van der Waals surface area contributed by atoms with Crippen LogP contribution in [0, 0.1) is 5.41 Å². The molecular formula is C13H16O2. The van der Waals surface area contributed by atoms with E-state index in [0.717, 1.165) is 18.4 Å². The van der Waals surface area contributed by atoms with Gasteiger partial charge in [0, 0.05) is 5.92 Å². The average Bonchev–Trinajstić information content (AvgIpc) is 2.93. The Morgan fingerprint density at radius 1 is 1.47 bits per heavy atom. The maximum Gasteiger partial charge on any atom is 0.309 e. The van der Waals surface area contributed by atoms with E-state index in [-0.39, 0.29) is 5.92 Å². The lowest BCUT2D eigenvalue weighted by atomic mass is 10.00. The molecule has 1 saturated carbocycles. The van der Waals surface area contributed by atoms with Crippen molar-refractivity contribution in [1.82, 2.24) is 0 Å². The Hall–Kier alpha value is -1.31. The summed E-state index contributed by atoms with van der Waals surface area (Å²) in [5.74, 6) is -0.465. The van der Waals surface area contributed by atoms with Gasteiger partial charge in [0.05, 0.1) is 5.41 Å². The second kappa shape index (κ2) is 3.37. The van der Waals surface area contributed by atoms with Crippen LogP contribution < -0.4 is 0 Å². The molecule has 2 rings (SSSR count). The molecule has 1 fully saturated rings. The Kier molecular flexibility index (Phi) is 2.29. The summed E-state index contributed by atoms with van der Waals surface area (Å²) >= 11 is 0. The molecule has 80 valence electrons. The van der Waals surface area contributed by atoms with Crippen LogP contribution in [0.3, 0.4) is 0 Å². The average molecular weight is 204 g/mol. The Balaban J connectivity index is 2.16. The molecular weight excluding hydrogens is 188 g/mol. The maximum absolute atomic E-state index is 11.0. The molecule has 2 atom stereocenters. The quantitative estimate of drug-likeness (QED) is 0.822. The van der Waals surface area contributed by atoms with E-state index in [1.54, 1.807) is 0 Å². The first-order valence-corrected chi connectivity index (χ1v) is 5.40. The van der Waals surface area contributed by atoms with Crippen molar-refractivity contribution in [2.75, 3.05) is 0 Å². The van der Waals surface area contributed by atoms with Crippen LogP contribution in [0.1, 0.15) is 37.3 Å². The summed E-state index contributed by atoms with van der Waals surface area (Å²) in [5, 5.41) is 9.05. The SMILES string of the molecule is CCc1ccc([C@@H]2C[C@@]2(C)C(=O)O)cc1. The molecule has 1 aliphatic carbocycles. The topological polar surface area (TPSA) is 37.3 Å². The number of carboxylic acids is 1. The maximum atomic E-state index is 11.0. The van der Waals surface area contributed by atoms with E-state index in [2.05, 4.69) is 31.2 Å². The molecule has 0 heterocycles. The smallest absolute Gasteiger partial charge is 0.309 e. The lowest BCUT2D eigenvalue weighted by Crippen LogP contribution is -2.12. The molecule has 1 aromatic rings. The largest absolute Gasteiger partial charge is 0.481 e. The van der Waals surface area contributed by atoms with E-state index in [9.17, 15) is 4.79 Å². The van der Waals surface area contributed by atoms with Gasteiger partial charge in [-0.2, -0.15) is 0 Å². The minimum absolute atomic E-state index is 0.209. The van der Waals surface area contributed by atoms with E-state index in [1.807, 2.05) is 6.92 Å². The van der Waals surface area contributed by atoms with Crippen LogP contribution in [0.25, 0.3) is 0 Å². The van der Waals surface area contributed by atoms with Gasteiger partial charge in [-0.05, 0) is 30.9 Å². The highest BCUT2D eigenvalue weighted by molar-refractivity contribution is 5.80. The third kappa shape index (κ3) is 1.65. The van der Waals surface area contributed by atoms with Crippen LogP contribution >= 0.6 is 0 Å². The summed E-state index contributed by atoms with van der Waals surface area (Å²) in [7, 11) is 0. The molecule has 15 heavy (non-hydrogen) atoms. The van der Waals surface area contributed by atoms with Crippen LogP contribution in [0.2, 0.25) is 0 Å². The highest BCUT2D eigenvalue weighted by Gasteiger charge is 2.56. The van der Waals surface area contributed by atoms with Gasteiger partial charge in [0.2, 0.25) is 0 Å². The molecule has 1 N–H and O–H groups in total. The number of carbonyl (C=O) groups is 1. The molecule has 0 radical (unpaired) electrons. The standard InChI is InChI=1S/C13H16O2/c1-3-9-4-6-10(7-5-9)11-8-13(11,2)12(14)15/h4-7,11H,3,8H2,1-2H3,(H,14,15)/t11-,13+/m0/s1. The van der Waals surface area contributed by atoms with Crippen LogP contribution in [0.5, 0.6) is 0 Å². The van der Waals surface area contributed by atoms with Crippen molar-refractivity contribution in [3.8, 4) is 0 Å². The van der Waals surface area contributed by atoms with Crippen molar-refractivity contribution in [3.63, 3.8) is 0 Å². The van der Waals surface area contributed by atoms with E-state index in [4.69, 9.17) is 5.11 Å². The molecule has 0 amide bonds. The minimum Gasteiger partial charge on any atom is -0.481 e. The normalized spacial score (nSPS) is 28.8. The first kappa shape index (κ1) is 10.2. The predicted octanol–water partition coefficient (Wildman–Crippen LogP) is 2.83. The van der Waals surface area contributed by atoms with Crippen molar-refractivity contribution in [1.29, 1.82) is 0 Å². The summed E-state index contributed by atoms with van der Waals surface area (Å²) in [4.78, 5) is 11.0. The van der Waals surface area contributed by atoms with Gasteiger partial charge in [-0.25, -0.2) is 0 Å². The summed E-state index contributed by atoms with van der Waals surface area (Å²) in [6.07, 6.45) is 1.80. The third-order valence-corrected chi connectivity index (χ3v) is 3.52. The fourth-order valence-electron chi connectivity index (χ4n) is 2.07. The highest BCUT2D eigenvalue weighted by Crippen LogP contribution is 2.59.